The van der Waals surface area contributed by atoms with Crippen molar-refractivity contribution in [3.8, 4) is 11.8 Å². The summed E-state index contributed by atoms with van der Waals surface area (Å²) < 4.78 is 1.60. The van der Waals surface area contributed by atoms with E-state index in [9.17, 15) is 0 Å². The van der Waals surface area contributed by atoms with Crippen molar-refractivity contribution in [3.05, 3.63) is 46.2 Å². The number of benzene rings is 1. The molecule has 0 saturated heterocycles. The van der Waals surface area contributed by atoms with Crippen LogP contribution >= 0.6 is 23.2 Å². The number of rotatable bonds is 2. The van der Waals surface area contributed by atoms with Crippen molar-refractivity contribution in [1.29, 1.82) is 5.26 Å². The first-order valence-electron chi connectivity index (χ1n) is 5.02. The molecule has 1 aromatic heterocycles. The molecule has 0 radical (unpaired) electrons. The van der Waals surface area contributed by atoms with Crippen molar-refractivity contribution in [2.75, 3.05) is 0 Å². The lowest BCUT2D eigenvalue weighted by Gasteiger charge is -2.08. The predicted octanol–water partition coefficient (Wildman–Crippen LogP) is 3.81. The number of nitriles is 1. The van der Waals surface area contributed by atoms with E-state index < -0.39 is 0 Å². The van der Waals surface area contributed by atoms with Gasteiger partial charge < -0.3 is 0 Å². The largest absolute Gasteiger partial charge is 0.238 e. The summed E-state index contributed by atoms with van der Waals surface area (Å²) in [6.07, 6.45) is 1.73. The normalized spacial score (nSPS) is 12.1. The first kappa shape index (κ1) is 12.0. The molecule has 0 saturated carbocycles. The van der Waals surface area contributed by atoms with Gasteiger partial charge in [0.1, 0.15) is 0 Å². The fourth-order valence-electron chi connectivity index (χ4n) is 1.49. The van der Waals surface area contributed by atoms with E-state index in [4.69, 9.17) is 28.5 Å². The summed E-state index contributed by atoms with van der Waals surface area (Å²) in [7, 11) is 0. The monoisotopic (exact) mass is 265 g/mol. The van der Waals surface area contributed by atoms with Crippen molar-refractivity contribution < 1.29 is 0 Å². The highest BCUT2D eigenvalue weighted by Gasteiger charge is 2.09. The van der Waals surface area contributed by atoms with Crippen LogP contribution in [0, 0.1) is 11.3 Å². The van der Waals surface area contributed by atoms with Gasteiger partial charge in [-0.2, -0.15) is 10.4 Å². The highest BCUT2D eigenvalue weighted by Crippen LogP contribution is 2.25. The van der Waals surface area contributed by atoms with Crippen LogP contribution in [0.1, 0.15) is 18.4 Å². The molecule has 3 nitrogen and oxygen atoms in total. The quantitative estimate of drug-likeness (QED) is 0.829. The average Bonchev–Trinajstić information content (AvgIpc) is 2.74. The van der Waals surface area contributed by atoms with Gasteiger partial charge in [0.05, 0.1) is 22.7 Å². The van der Waals surface area contributed by atoms with Gasteiger partial charge in [-0.25, -0.2) is 4.68 Å². The molecule has 0 fully saturated rings. The Labute approximate surface area is 109 Å². The van der Waals surface area contributed by atoms with Gasteiger partial charge >= 0.3 is 0 Å². The number of hydrogen-bond acceptors (Lipinski definition) is 2. The Morgan fingerprint density at radius 3 is 2.65 bits per heavy atom. The van der Waals surface area contributed by atoms with Crippen LogP contribution in [-0.2, 0) is 0 Å². The second-order valence-corrected chi connectivity index (χ2v) is 4.44. The van der Waals surface area contributed by atoms with Gasteiger partial charge in [-0.15, -0.1) is 0 Å². The highest BCUT2D eigenvalue weighted by atomic mass is 35.5. The fraction of sp³-hybridized carbons (Fsp3) is 0.167. The molecule has 0 N–H and O–H groups in total. The molecular formula is C12H9Cl2N3. The van der Waals surface area contributed by atoms with Gasteiger partial charge in [-0.1, -0.05) is 29.3 Å². The molecule has 0 spiro atoms. The molecule has 1 unspecified atom stereocenters. The van der Waals surface area contributed by atoms with Crippen LogP contribution in [0.4, 0.5) is 0 Å². The van der Waals surface area contributed by atoms with E-state index in [1.165, 1.54) is 0 Å². The van der Waals surface area contributed by atoms with Crippen molar-refractivity contribution in [2.45, 2.75) is 12.8 Å². The summed E-state index contributed by atoms with van der Waals surface area (Å²) in [5.74, 6) is -0.178. The second kappa shape index (κ2) is 4.79. The van der Waals surface area contributed by atoms with E-state index in [2.05, 4.69) is 11.2 Å². The molecule has 1 aromatic carbocycles. The molecule has 1 atom stereocenters. The van der Waals surface area contributed by atoms with Crippen LogP contribution in [-0.4, -0.2) is 9.78 Å². The zero-order valence-corrected chi connectivity index (χ0v) is 10.6. The van der Waals surface area contributed by atoms with Crippen molar-refractivity contribution in [1.82, 2.24) is 9.78 Å². The lowest BCUT2D eigenvalue weighted by atomic mass is 10.0. The molecule has 0 aliphatic heterocycles. The first-order chi connectivity index (χ1) is 8.11. The van der Waals surface area contributed by atoms with Gasteiger partial charge in [0.2, 0.25) is 0 Å². The topological polar surface area (TPSA) is 41.6 Å². The van der Waals surface area contributed by atoms with Crippen molar-refractivity contribution >= 4 is 23.2 Å². The van der Waals surface area contributed by atoms with E-state index in [0.29, 0.717) is 10.2 Å². The standard InChI is InChI=1S/C12H9Cl2N3/c1-8(7-15)9-2-3-11(10(13)6-9)17-5-4-12(14)16-17/h2-6,8H,1H3. The number of aromatic nitrogens is 2. The molecule has 17 heavy (non-hydrogen) atoms. The summed E-state index contributed by atoms with van der Waals surface area (Å²) in [6, 6.07) is 9.33. The van der Waals surface area contributed by atoms with Crippen molar-refractivity contribution in [3.63, 3.8) is 0 Å². The third kappa shape index (κ3) is 2.44. The molecule has 0 aliphatic carbocycles. The van der Waals surface area contributed by atoms with Gasteiger partial charge in [-0.05, 0) is 30.7 Å². The van der Waals surface area contributed by atoms with E-state index in [0.717, 1.165) is 11.3 Å². The summed E-state index contributed by atoms with van der Waals surface area (Å²) in [4.78, 5) is 0. The number of halogens is 2. The van der Waals surface area contributed by atoms with Gasteiger partial charge in [0.15, 0.2) is 5.15 Å². The lowest BCUT2D eigenvalue weighted by Crippen LogP contribution is -1.97. The third-order valence-corrected chi connectivity index (χ3v) is 2.97. The maximum absolute atomic E-state index is 8.84. The summed E-state index contributed by atoms with van der Waals surface area (Å²) in [5, 5.41) is 13.9. The van der Waals surface area contributed by atoms with Gasteiger partial charge in [0.25, 0.3) is 0 Å². The predicted molar refractivity (Wildman–Crippen MR) is 67.6 cm³/mol. The van der Waals surface area contributed by atoms with E-state index >= 15 is 0 Å². The second-order valence-electron chi connectivity index (χ2n) is 3.64. The van der Waals surface area contributed by atoms with E-state index in [1.54, 1.807) is 23.0 Å². The Kier molecular flexibility index (Phi) is 3.37. The van der Waals surface area contributed by atoms with E-state index in [-0.39, 0.29) is 5.92 Å². The van der Waals surface area contributed by atoms with Gasteiger partial charge in [-0.3, -0.25) is 0 Å². The van der Waals surface area contributed by atoms with Crippen LogP contribution in [0.5, 0.6) is 0 Å². The molecule has 2 aromatic rings. The minimum atomic E-state index is -0.178. The Balaban J connectivity index is 2.42. The molecule has 1 heterocycles. The maximum atomic E-state index is 8.84. The third-order valence-electron chi connectivity index (χ3n) is 2.47. The molecule has 0 aliphatic rings. The molecule has 0 bridgehead atoms. The Morgan fingerprint density at radius 2 is 2.12 bits per heavy atom. The first-order valence-corrected chi connectivity index (χ1v) is 5.78. The molecule has 0 amide bonds. The van der Waals surface area contributed by atoms with Crippen LogP contribution in [0.2, 0.25) is 10.2 Å². The zero-order valence-electron chi connectivity index (χ0n) is 9.06. The zero-order chi connectivity index (χ0) is 12.4. The maximum Gasteiger partial charge on any atom is 0.151 e. The summed E-state index contributed by atoms with van der Waals surface area (Å²) >= 11 is 11.9. The number of nitrogens with zero attached hydrogens (tertiary/aromatic N) is 3. The molecule has 2 rings (SSSR count). The van der Waals surface area contributed by atoms with E-state index in [1.807, 2.05) is 19.1 Å². The Bertz CT molecular complexity index is 584. The fourth-order valence-corrected chi connectivity index (χ4v) is 1.90. The Morgan fingerprint density at radius 1 is 1.35 bits per heavy atom. The minimum Gasteiger partial charge on any atom is -0.238 e. The highest BCUT2D eigenvalue weighted by molar-refractivity contribution is 6.32. The van der Waals surface area contributed by atoms with Crippen molar-refractivity contribution in [2.24, 2.45) is 0 Å². The van der Waals surface area contributed by atoms with Crippen LogP contribution in [0.15, 0.2) is 30.5 Å². The van der Waals surface area contributed by atoms with Crippen LogP contribution in [0.25, 0.3) is 5.69 Å². The number of hydrogen-bond donors (Lipinski definition) is 0. The van der Waals surface area contributed by atoms with Crippen LogP contribution in [0.3, 0.4) is 0 Å². The minimum absolute atomic E-state index is 0.178. The average molecular weight is 266 g/mol. The smallest absolute Gasteiger partial charge is 0.151 e. The Hall–Kier alpha value is -1.50. The van der Waals surface area contributed by atoms with Gasteiger partial charge in [0, 0.05) is 6.20 Å². The summed E-state index contributed by atoms with van der Waals surface area (Å²) in [6.45, 7) is 1.83. The molecule has 5 heteroatoms. The lowest BCUT2D eigenvalue weighted by molar-refractivity contribution is 0.877. The van der Waals surface area contributed by atoms with Crippen LogP contribution < -0.4 is 0 Å². The SMILES string of the molecule is CC(C#N)c1ccc(-n2ccc(Cl)n2)c(Cl)c1. The summed E-state index contributed by atoms with van der Waals surface area (Å²) in [5.41, 5.74) is 1.63. The molecular weight excluding hydrogens is 257 g/mol. The molecule has 86 valence electrons.